The molecule has 1 N–H and O–H groups in total. The SMILES string of the molecule is Cc1nc2ccccc2n1C1C[C@H]2CC[C@@H](C1)N2CCC1(c2cccc(F)c2)CCN(C(=O)C(C)(C)CC(=O)NC(C)C)CC1. The first-order valence-electron chi connectivity index (χ1n) is 17.0. The van der Waals surface area contributed by atoms with E-state index in [1.807, 2.05) is 38.7 Å². The highest BCUT2D eigenvalue weighted by Gasteiger charge is 2.45. The maximum Gasteiger partial charge on any atom is 0.228 e. The van der Waals surface area contributed by atoms with Crippen LogP contribution in [0.25, 0.3) is 11.0 Å². The molecule has 0 spiro atoms. The summed E-state index contributed by atoms with van der Waals surface area (Å²) < 4.78 is 17.1. The van der Waals surface area contributed by atoms with Gasteiger partial charge in [0.25, 0.3) is 0 Å². The summed E-state index contributed by atoms with van der Waals surface area (Å²) in [5, 5.41) is 2.92. The largest absolute Gasteiger partial charge is 0.354 e. The summed E-state index contributed by atoms with van der Waals surface area (Å²) in [7, 11) is 0. The molecule has 1 unspecified atom stereocenters. The zero-order chi connectivity index (χ0) is 31.9. The number of nitrogens with zero attached hydrogens (tertiary/aromatic N) is 4. The van der Waals surface area contributed by atoms with E-state index in [9.17, 15) is 14.0 Å². The molecule has 2 amide bonds. The Hall–Kier alpha value is -3.26. The van der Waals surface area contributed by atoms with E-state index >= 15 is 0 Å². The van der Waals surface area contributed by atoms with Crippen molar-refractivity contribution in [2.24, 2.45) is 5.41 Å². The van der Waals surface area contributed by atoms with Crippen LogP contribution in [-0.4, -0.2) is 68.9 Å². The van der Waals surface area contributed by atoms with Gasteiger partial charge in [-0.1, -0.05) is 38.1 Å². The molecule has 4 heterocycles. The Morgan fingerprint density at radius 3 is 2.38 bits per heavy atom. The predicted molar refractivity (Wildman–Crippen MR) is 176 cm³/mol. The van der Waals surface area contributed by atoms with Crippen LogP contribution < -0.4 is 5.32 Å². The molecule has 8 heteroatoms. The molecular formula is C37H50FN5O2. The van der Waals surface area contributed by atoms with Crippen LogP contribution in [-0.2, 0) is 15.0 Å². The Morgan fingerprint density at radius 1 is 1.02 bits per heavy atom. The number of rotatable bonds is 9. The molecule has 0 aliphatic carbocycles. The second kappa shape index (κ2) is 12.5. The van der Waals surface area contributed by atoms with E-state index in [1.165, 1.54) is 24.4 Å². The summed E-state index contributed by atoms with van der Waals surface area (Å²) in [6.45, 7) is 12.0. The Balaban J connectivity index is 1.15. The van der Waals surface area contributed by atoms with Gasteiger partial charge < -0.3 is 14.8 Å². The molecular weight excluding hydrogens is 565 g/mol. The van der Waals surface area contributed by atoms with E-state index in [2.05, 4.69) is 52.0 Å². The Kier molecular flexibility index (Phi) is 8.81. The molecule has 6 rings (SSSR count). The van der Waals surface area contributed by atoms with E-state index in [4.69, 9.17) is 4.98 Å². The number of halogens is 1. The van der Waals surface area contributed by atoms with Gasteiger partial charge in [0.2, 0.25) is 11.8 Å². The van der Waals surface area contributed by atoms with Gasteiger partial charge in [-0.25, -0.2) is 9.37 Å². The van der Waals surface area contributed by atoms with Crippen LogP contribution in [0.4, 0.5) is 4.39 Å². The third kappa shape index (κ3) is 6.40. The van der Waals surface area contributed by atoms with Gasteiger partial charge in [-0.2, -0.15) is 0 Å². The lowest BCUT2D eigenvalue weighted by atomic mass is 9.69. The molecule has 2 bridgehead atoms. The Labute approximate surface area is 267 Å². The molecule has 1 aromatic heterocycles. The molecule has 3 aromatic rings. The molecule has 3 saturated heterocycles. The van der Waals surface area contributed by atoms with Crippen molar-refractivity contribution in [2.45, 2.75) is 116 Å². The topological polar surface area (TPSA) is 70.5 Å². The predicted octanol–water partition coefficient (Wildman–Crippen LogP) is 6.54. The number of imidazole rings is 1. The molecule has 242 valence electrons. The van der Waals surface area contributed by atoms with Crippen LogP contribution in [0, 0.1) is 18.2 Å². The van der Waals surface area contributed by atoms with Crippen molar-refractivity contribution in [1.29, 1.82) is 0 Å². The van der Waals surface area contributed by atoms with Gasteiger partial charge in [-0.15, -0.1) is 0 Å². The molecule has 7 nitrogen and oxygen atoms in total. The number of hydrogen-bond acceptors (Lipinski definition) is 4. The lowest BCUT2D eigenvalue weighted by Gasteiger charge is -2.46. The Morgan fingerprint density at radius 2 is 1.71 bits per heavy atom. The van der Waals surface area contributed by atoms with Crippen LogP contribution in [0.3, 0.4) is 0 Å². The number of aryl methyl sites for hydroxylation is 1. The summed E-state index contributed by atoms with van der Waals surface area (Å²) >= 11 is 0. The fourth-order valence-corrected chi connectivity index (χ4v) is 8.71. The number of aromatic nitrogens is 2. The van der Waals surface area contributed by atoms with Crippen LogP contribution in [0.1, 0.15) is 96.5 Å². The standard InChI is InChI=1S/C37H50FN5O2/c1-25(2)39-34(44)24-36(4,5)35(45)41-18-15-37(16-19-41,27-9-8-10-28(38)21-27)17-20-42-29-13-14-30(42)23-31(22-29)43-26(3)40-32-11-6-7-12-33(32)43/h6-12,21,25,29-31H,13-20,22-24H2,1-5H3,(H,39,44)/t29-,30+,31?. The lowest BCUT2D eigenvalue weighted by Crippen LogP contribution is -2.51. The van der Waals surface area contributed by atoms with E-state index in [0.29, 0.717) is 31.2 Å². The summed E-state index contributed by atoms with van der Waals surface area (Å²) in [6.07, 6.45) is 7.42. The van der Waals surface area contributed by atoms with E-state index in [1.54, 1.807) is 6.07 Å². The van der Waals surface area contributed by atoms with Crippen LogP contribution >= 0.6 is 0 Å². The van der Waals surface area contributed by atoms with Crippen molar-refractivity contribution in [3.8, 4) is 0 Å². The van der Waals surface area contributed by atoms with Gasteiger partial charge >= 0.3 is 0 Å². The van der Waals surface area contributed by atoms with E-state index < -0.39 is 5.41 Å². The molecule has 2 aromatic carbocycles. The number of fused-ring (bicyclic) bond motifs is 3. The van der Waals surface area contributed by atoms with E-state index in [-0.39, 0.29) is 35.5 Å². The van der Waals surface area contributed by atoms with Crippen LogP contribution in [0.2, 0.25) is 0 Å². The zero-order valence-corrected chi connectivity index (χ0v) is 27.7. The zero-order valence-electron chi connectivity index (χ0n) is 27.7. The molecule has 3 aliphatic heterocycles. The highest BCUT2D eigenvalue weighted by Crippen LogP contribution is 2.45. The first-order valence-corrected chi connectivity index (χ1v) is 17.0. The third-order valence-electron chi connectivity index (χ3n) is 10.9. The minimum absolute atomic E-state index is 0.0247. The number of carbonyl (C=O) groups is 2. The maximum atomic E-state index is 14.6. The lowest BCUT2D eigenvalue weighted by molar-refractivity contribution is -0.145. The number of para-hydroxylation sites is 2. The highest BCUT2D eigenvalue weighted by molar-refractivity contribution is 5.88. The number of hydrogen-bond donors (Lipinski definition) is 1. The smallest absolute Gasteiger partial charge is 0.228 e. The van der Waals surface area contributed by atoms with E-state index in [0.717, 1.165) is 55.6 Å². The van der Waals surface area contributed by atoms with Crippen molar-refractivity contribution in [3.63, 3.8) is 0 Å². The second-order valence-electron chi connectivity index (χ2n) is 14.9. The first-order chi connectivity index (χ1) is 21.5. The number of carbonyl (C=O) groups excluding carboxylic acids is 2. The van der Waals surface area contributed by atoms with Gasteiger partial charge in [0.1, 0.15) is 11.6 Å². The van der Waals surface area contributed by atoms with Crippen LogP contribution in [0.15, 0.2) is 48.5 Å². The average Bonchev–Trinajstić information content (AvgIpc) is 3.45. The maximum absolute atomic E-state index is 14.6. The monoisotopic (exact) mass is 615 g/mol. The molecule has 3 aliphatic rings. The van der Waals surface area contributed by atoms with Crippen molar-refractivity contribution in [2.75, 3.05) is 19.6 Å². The van der Waals surface area contributed by atoms with Crippen molar-refractivity contribution >= 4 is 22.8 Å². The molecule has 3 fully saturated rings. The van der Waals surface area contributed by atoms with Gasteiger partial charge in [-0.3, -0.25) is 14.5 Å². The summed E-state index contributed by atoms with van der Waals surface area (Å²) in [5.74, 6) is 0.830. The minimum atomic E-state index is -0.777. The van der Waals surface area contributed by atoms with Crippen molar-refractivity contribution in [1.82, 2.24) is 24.7 Å². The number of nitrogens with one attached hydrogen (secondary N) is 1. The van der Waals surface area contributed by atoms with Crippen molar-refractivity contribution in [3.05, 3.63) is 65.7 Å². The Bertz CT molecular complexity index is 1520. The fraction of sp³-hybridized carbons (Fsp3) is 0.595. The normalized spacial score (nSPS) is 23.5. The van der Waals surface area contributed by atoms with Crippen molar-refractivity contribution < 1.29 is 14.0 Å². The first kappa shape index (κ1) is 31.7. The molecule has 3 atom stereocenters. The van der Waals surface area contributed by atoms with Gasteiger partial charge in [0.05, 0.1) is 16.4 Å². The third-order valence-corrected chi connectivity index (χ3v) is 10.9. The van der Waals surface area contributed by atoms with Gasteiger partial charge in [0.15, 0.2) is 0 Å². The molecule has 0 saturated carbocycles. The summed E-state index contributed by atoms with van der Waals surface area (Å²) in [6, 6.07) is 17.2. The molecule has 0 radical (unpaired) electrons. The van der Waals surface area contributed by atoms with Gasteiger partial charge in [0, 0.05) is 43.7 Å². The number of likely N-dealkylation sites (tertiary alicyclic amines) is 1. The van der Waals surface area contributed by atoms with Crippen LogP contribution in [0.5, 0.6) is 0 Å². The minimum Gasteiger partial charge on any atom is -0.354 e. The van der Waals surface area contributed by atoms with Gasteiger partial charge in [-0.05, 0) is 108 Å². The summed E-state index contributed by atoms with van der Waals surface area (Å²) in [5.41, 5.74) is 2.40. The number of benzene rings is 2. The summed E-state index contributed by atoms with van der Waals surface area (Å²) in [4.78, 5) is 35.7. The quantitative estimate of drug-likeness (QED) is 0.297. The number of piperidine rings is 2. The highest BCUT2D eigenvalue weighted by atomic mass is 19.1. The second-order valence-corrected chi connectivity index (χ2v) is 14.9. The molecule has 45 heavy (non-hydrogen) atoms. The fourth-order valence-electron chi connectivity index (χ4n) is 8.71. The number of amides is 2. The average molecular weight is 616 g/mol.